The van der Waals surface area contributed by atoms with Gasteiger partial charge in [0.15, 0.2) is 5.13 Å². The molecule has 1 N–H and O–H groups in total. The van der Waals surface area contributed by atoms with Gasteiger partial charge in [0.2, 0.25) is 0 Å². The van der Waals surface area contributed by atoms with E-state index in [1.54, 1.807) is 11.3 Å². The summed E-state index contributed by atoms with van der Waals surface area (Å²) < 4.78 is 1.27. The Kier molecular flexibility index (Phi) is 4.25. The third kappa shape index (κ3) is 3.41. The summed E-state index contributed by atoms with van der Waals surface area (Å²) in [5, 5.41) is 4.51. The van der Waals surface area contributed by atoms with Gasteiger partial charge in [-0.3, -0.25) is 4.90 Å². The highest BCUT2D eigenvalue weighted by Gasteiger charge is 2.10. The van der Waals surface area contributed by atoms with Crippen molar-refractivity contribution in [3.8, 4) is 0 Å². The van der Waals surface area contributed by atoms with Crippen LogP contribution in [0.3, 0.4) is 0 Å². The summed E-state index contributed by atoms with van der Waals surface area (Å²) in [6, 6.07) is 6.44. The first-order valence-electron chi connectivity index (χ1n) is 6.72. The van der Waals surface area contributed by atoms with Crippen molar-refractivity contribution in [2.45, 2.75) is 6.92 Å². The minimum Gasteiger partial charge on any atom is -0.360 e. The second-order valence-electron chi connectivity index (χ2n) is 4.87. The van der Waals surface area contributed by atoms with Crippen LogP contribution in [0.5, 0.6) is 0 Å². The lowest BCUT2D eigenvalue weighted by Crippen LogP contribution is -2.36. The largest absolute Gasteiger partial charge is 0.360 e. The van der Waals surface area contributed by atoms with E-state index in [0.29, 0.717) is 0 Å². The van der Waals surface area contributed by atoms with Gasteiger partial charge in [-0.15, -0.1) is 0 Å². The average molecular weight is 293 g/mol. The van der Waals surface area contributed by atoms with Crippen LogP contribution in [0.4, 0.5) is 5.13 Å². The fourth-order valence-corrected chi connectivity index (χ4v) is 4.22. The lowest BCUT2D eigenvalue weighted by molar-refractivity contribution is 0.314. The summed E-state index contributed by atoms with van der Waals surface area (Å²) >= 11 is 3.81. The maximum absolute atomic E-state index is 4.62. The number of aryl methyl sites for hydroxylation is 1. The third-order valence-electron chi connectivity index (χ3n) is 3.35. The topological polar surface area (TPSA) is 28.2 Å². The van der Waals surface area contributed by atoms with E-state index in [1.807, 2.05) is 0 Å². The number of benzene rings is 1. The zero-order valence-corrected chi connectivity index (χ0v) is 12.8. The minimum absolute atomic E-state index is 0.990. The van der Waals surface area contributed by atoms with Crippen molar-refractivity contribution in [3.63, 3.8) is 0 Å². The lowest BCUT2D eigenvalue weighted by atomic mass is 10.2. The van der Waals surface area contributed by atoms with Crippen LogP contribution in [-0.2, 0) is 0 Å². The van der Waals surface area contributed by atoms with Crippen molar-refractivity contribution < 1.29 is 0 Å². The van der Waals surface area contributed by atoms with Crippen LogP contribution >= 0.6 is 23.1 Å². The zero-order chi connectivity index (χ0) is 13.1. The Balaban J connectivity index is 1.56. The van der Waals surface area contributed by atoms with E-state index >= 15 is 0 Å². The summed E-state index contributed by atoms with van der Waals surface area (Å²) in [7, 11) is 0. The number of hydrogen-bond donors (Lipinski definition) is 1. The fourth-order valence-electron chi connectivity index (χ4n) is 2.25. The van der Waals surface area contributed by atoms with E-state index in [0.717, 1.165) is 23.7 Å². The molecule has 1 aromatic carbocycles. The van der Waals surface area contributed by atoms with Crippen LogP contribution in [0, 0.1) is 6.92 Å². The molecular formula is C14H19N3S2. The molecule has 0 atom stereocenters. The highest BCUT2D eigenvalue weighted by Crippen LogP contribution is 2.26. The first kappa shape index (κ1) is 13.2. The molecule has 0 aliphatic carbocycles. The molecule has 2 heterocycles. The molecule has 3 nitrogen and oxygen atoms in total. The van der Waals surface area contributed by atoms with Gasteiger partial charge < -0.3 is 5.32 Å². The number of fused-ring (bicyclic) bond motifs is 1. The Labute approximate surface area is 122 Å². The van der Waals surface area contributed by atoms with E-state index < -0.39 is 0 Å². The molecular weight excluding hydrogens is 274 g/mol. The summed E-state index contributed by atoms with van der Waals surface area (Å²) in [6.07, 6.45) is 0. The number of nitrogens with zero attached hydrogens (tertiary/aromatic N) is 2. The van der Waals surface area contributed by atoms with Crippen LogP contribution in [0.15, 0.2) is 18.2 Å². The predicted octanol–water partition coefficient (Wildman–Crippen LogP) is 3.07. The molecule has 0 bridgehead atoms. The van der Waals surface area contributed by atoms with E-state index in [-0.39, 0.29) is 0 Å². The molecule has 0 saturated carbocycles. The predicted molar refractivity (Wildman–Crippen MR) is 86.6 cm³/mol. The van der Waals surface area contributed by atoms with Crippen LogP contribution in [-0.4, -0.2) is 47.6 Å². The summed E-state index contributed by atoms with van der Waals surface area (Å²) in [5.41, 5.74) is 2.40. The van der Waals surface area contributed by atoms with Gasteiger partial charge in [-0.25, -0.2) is 4.98 Å². The molecule has 1 aliphatic heterocycles. The second-order valence-corrected chi connectivity index (χ2v) is 7.13. The third-order valence-corrected chi connectivity index (χ3v) is 5.27. The molecule has 0 unspecified atom stereocenters. The molecule has 3 rings (SSSR count). The number of aromatic nitrogens is 1. The Morgan fingerprint density at radius 3 is 3.00 bits per heavy atom. The maximum atomic E-state index is 4.62. The number of anilines is 1. The number of thiazole rings is 1. The Morgan fingerprint density at radius 2 is 2.16 bits per heavy atom. The van der Waals surface area contributed by atoms with Crippen molar-refractivity contribution >= 4 is 38.4 Å². The van der Waals surface area contributed by atoms with E-state index in [4.69, 9.17) is 0 Å². The maximum Gasteiger partial charge on any atom is 0.183 e. The Bertz CT molecular complexity index is 547. The van der Waals surface area contributed by atoms with Gasteiger partial charge >= 0.3 is 0 Å². The number of thioether (sulfide) groups is 1. The minimum atomic E-state index is 0.990. The smallest absolute Gasteiger partial charge is 0.183 e. The molecule has 1 aliphatic rings. The molecule has 0 radical (unpaired) electrons. The number of hydrogen-bond acceptors (Lipinski definition) is 5. The monoisotopic (exact) mass is 293 g/mol. The van der Waals surface area contributed by atoms with Gasteiger partial charge in [-0.1, -0.05) is 17.4 Å². The molecule has 2 aromatic rings. The van der Waals surface area contributed by atoms with Crippen molar-refractivity contribution in [2.24, 2.45) is 0 Å². The van der Waals surface area contributed by atoms with E-state index in [1.165, 1.54) is 34.9 Å². The van der Waals surface area contributed by atoms with Crippen molar-refractivity contribution in [2.75, 3.05) is 43.0 Å². The highest BCUT2D eigenvalue weighted by atomic mass is 32.2. The highest BCUT2D eigenvalue weighted by molar-refractivity contribution is 7.99. The fraction of sp³-hybridized carbons (Fsp3) is 0.500. The number of rotatable bonds is 4. The van der Waals surface area contributed by atoms with Gasteiger partial charge in [0, 0.05) is 37.7 Å². The van der Waals surface area contributed by atoms with Crippen LogP contribution in [0.2, 0.25) is 0 Å². The van der Waals surface area contributed by atoms with Gasteiger partial charge in [-0.05, 0) is 24.6 Å². The van der Waals surface area contributed by atoms with Gasteiger partial charge in [-0.2, -0.15) is 11.8 Å². The van der Waals surface area contributed by atoms with Gasteiger partial charge in [0.05, 0.1) is 10.2 Å². The molecule has 0 spiro atoms. The molecule has 1 fully saturated rings. The second kappa shape index (κ2) is 6.11. The van der Waals surface area contributed by atoms with Crippen LogP contribution < -0.4 is 5.32 Å². The van der Waals surface area contributed by atoms with E-state index in [9.17, 15) is 0 Å². The van der Waals surface area contributed by atoms with E-state index in [2.05, 4.69) is 52.1 Å². The quantitative estimate of drug-likeness (QED) is 0.938. The number of nitrogens with one attached hydrogen (secondary N) is 1. The van der Waals surface area contributed by atoms with Crippen molar-refractivity contribution in [1.29, 1.82) is 0 Å². The zero-order valence-electron chi connectivity index (χ0n) is 11.2. The standard InChI is InChI=1S/C14H19N3S2/c1-11-2-3-12-13(10-11)19-14(16-12)15-4-5-17-6-8-18-9-7-17/h2-3,10H,4-9H2,1H3,(H,15,16). The first-order valence-corrected chi connectivity index (χ1v) is 8.69. The molecule has 19 heavy (non-hydrogen) atoms. The average Bonchev–Trinajstić information content (AvgIpc) is 2.82. The van der Waals surface area contributed by atoms with Crippen LogP contribution in [0.25, 0.3) is 10.2 Å². The lowest BCUT2D eigenvalue weighted by Gasteiger charge is -2.25. The molecule has 0 amide bonds. The SMILES string of the molecule is Cc1ccc2nc(NCCN3CCSCC3)sc2c1. The van der Waals surface area contributed by atoms with Gasteiger partial charge in [0.1, 0.15) is 0 Å². The molecule has 1 saturated heterocycles. The Morgan fingerprint density at radius 1 is 1.32 bits per heavy atom. The Hall–Kier alpha value is -0.780. The molecule has 5 heteroatoms. The van der Waals surface area contributed by atoms with Crippen molar-refractivity contribution in [3.05, 3.63) is 23.8 Å². The summed E-state index contributed by atoms with van der Waals surface area (Å²) in [5.74, 6) is 2.56. The first-order chi connectivity index (χ1) is 9.31. The summed E-state index contributed by atoms with van der Waals surface area (Å²) in [4.78, 5) is 7.15. The molecule has 102 valence electrons. The summed E-state index contributed by atoms with van der Waals surface area (Å²) in [6.45, 7) is 6.69. The van der Waals surface area contributed by atoms with Crippen LogP contribution in [0.1, 0.15) is 5.56 Å². The van der Waals surface area contributed by atoms with Gasteiger partial charge in [0.25, 0.3) is 0 Å². The normalized spacial score (nSPS) is 16.9. The molecule has 1 aromatic heterocycles. The van der Waals surface area contributed by atoms with Crippen molar-refractivity contribution in [1.82, 2.24) is 9.88 Å².